The fourth-order valence-electron chi connectivity index (χ4n) is 1.71. The normalized spacial score (nSPS) is 12.4. The van der Waals surface area contributed by atoms with Crippen LogP contribution < -0.4 is 4.74 Å². The summed E-state index contributed by atoms with van der Waals surface area (Å²) in [7, 11) is 1.64. The second-order valence-electron chi connectivity index (χ2n) is 3.80. The predicted molar refractivity (Wildman–Crippen MR) is 81.4 cm³/mol. The van der Waals surface area contributed by atoms with Gasteiger partial charge in [0.15, 0.2) is 0 Å². The van der Waals surface area contributed by atoms with Crippen LogP contribution in [0.3, 0.4) is 0 Å². The lowest BCUT2D eigenvalue weighted by Crippen LogP contribution is -2.01. The summed E-state index contributed by atoms with van der Waals surface area (Å²) in [5, 5.41) is 10.2. The predicted octanol–water partition coefficient (Wildman–Crippen LogP) is 4.56. The lowest BCUT2D eigenvalue weighted by atomic mass is 10.1. The van der Waals surface area contributed by atoms with Crippen molar-refractivity contribution in [2.75, 3.05) is 7.11 Å². The van der Waals surface area contributed by atoms with Gasteiger partial charge in [-0.1, -0.05) is 18.2 Å². The van der Waals surface area contributed by atoms with E-state index in [1.165, 1.54) is 11.3 Å². The fraction of sp³-hybridized carbons (Fsp3) is 0.231. The molecule has 1 heterocycles. The topological polar surface area (TPSA) is 29.5 Å². The summed E-state index contributed by atoms with van der Waals surface area (Å²) in [5.74, 6) is 0.811. The van der Waals surface area contributed by atoms with E-state index in [0.717, 1.165) is 24.4 Å². The monoisotopic (exact) mass is 390 g/mol. The summed E-state index contributed by atoms with van der Waals surface area (Å²) in [4.78, 5) is 0.930. The van der Waals surface area contributed by atoms with Gasteiger partial charge >= 0.3 is 0 Å². The molecule has 2 aromatic rings. The number of hydrogen-bond donors (Lipinski definition) is 1. The quantitative estimate of drug-likeness (QED) is 0.827. The van der Waals surface area contributed by atoms with Crippen LogP contribution in [0.15, 0.2) is 38.6 Å². The highest BCUT2D eigenvalue weighted by Crippen LogP contribution is 2.37. The van der Waals surface area contributed by atoms with Crippen molar-refractivity contribution >= 4 is 43.2 Å². The summed E-state index contributed by atoms with van der Waals surface area (Å²) in [5.41, 5.74) is 1.01. The molecule has 1 aromatic heterocycles. The molecule has 0 bridgehead atoms. The molecule has 18 heavy (non-hydrogen) atoms. The van der Waals surface area contributed by atoms with Crippen LogP contribution in [0.1, 0.15) is 16.5 Å². The molecule has 0 aliphatic rings. The van der Waals surface area contributed by atoms with Gasteiger partial charge in [0, 0.05) is 15.8 Å². The van der Waals surface area contributed by atoms with Crippen LogP contribution in [0.2, 0.25) is 0 Å². The van der Waals surface area contributed by atoms with Crippen LogP contribution in [0.5, 0.6) is 5.75 Å². The van der Waals surface area contributed by atoms with E-state index >= 15 is 0 Å². The maximum absolute atomic E-state index is 10.2. The van der Waals surface area contributed by atoms with E-state index in [-0.39, 0.29) is 0 Å². The Bertz CT molecular complexity index is 520. The van der Waals surface area contributed by atoms with E-state index < -0.39 is 6.10 Å². The number of benzene rings is 1. The second-order valence-corrected chi connectivity index (χ2v) is 7.06. The van der Waals surface area contributed by atoms with Gasteiger partial charge < -0.3 is 9.84 Å². The number of methoxy groups -OCH3 is 1. The van der Waals surface area contributed by atoms with Gasteiger partial charge in [-0.05, 0) is 49.6 Å². The molecule has 1 atom stereocenters. The molecule has 2 rings (SSSR count). The molecular formula is C13H12Br2O2S. The third kappa shape index (κ3) is 3.15. The number of halogens is 2. The van der Waals surface area contributed by atoms with Crippen LogP contribution in [0, 0.1) is 0 Å². The standard InChI is InChI=1S/C13H12Br2O2S/c1-17-11-5-3-2-4-8(11)6-10(16)12-7-9(14)13(15)18-12/h2-5,7,10,16H,6H2,1H3. The first-order chi connectivity index (χ1) is 8.61. The van der Waals surface area contributed by atoms with Crippen molar-refractivity contribution in [1.29, 1.82) is 0 Å². The van der Waals surface area contributed by atoms with Gasteiger partial charge in [-0.15, -0.1) is 11.3 Å². The minimum absolute atomic E-state index is 0.520. The molecule has 0 amide bonds. The highest BCUT2D eigenvalue weighted by molar-refractivity contribution is 9.13. The summed E-state index contributed by atoms with van der Waals surface area (Å²) in [6, 6.07) is 9.69. The van der Waals surface area contributed by atoms with Crippen molar-refractivity contribution in [1.82, 2.24) is 0 Å². The SMILES string of the molecule is COc1ccccc1CC(O)c1cc(Br)c(Br)s1. The number of rotatable bonds is 4. The number of hydrogen-bond acceptors (Lipinski definition) is 3. The van der Waals surface area contributed by atoms with Crippen molar-refractivity contribution in [3.8, 4) is 5.75 Å². The molecule has 0 saturated carbocycles. The zero-order valence-corrected chi connectivity index (χ0v) is 13.7. The van der Waals surface area contributed by atoms with Crippen molar-refractivity contribution in [3.63, 3.8) is 0 Å². The Morgan fingerprint density at radius 2 is 2.06 bits per heavy atom. The van der Waals surface area contributed by atoms with Crippen molar-refractivity contribution in [3.05, 3.63) is 49.0 Å². The third-order valence-corrected chi connectivity index (χ3v) is 5.96. The highest BCUT2D eigenvalue weighted by atomic mass is 79.9. The Morgan fingerprint density at radius 3 is 2.67 bits per heavy atom. The first-order valence-corrected chi connectivity index (χ1v) is 7.76. The maximum atomic E-state index is 10.2. The molecule has 5 heteroatoms. The van der Waals surface area contributed by atoms with Crippen LogP contribution in [0.4, 0.5) is 0 Å². The summed E-state index contributed by atoms with van der Waals surface area (Å²) in [6.45, 7) is 0. The molecule has 96 valence electrons. The van der Waals surface area contributed by atoms with Gasteiger partial charge in [0.1, 0.15) is 5.75 Å². The lowest BCUT2D eigenvalue weighted by Gasteiger charge is -2.11. The molecule has 2 nitrogen and oxygen atoms in total. The lowest BCUT2D eigenvalue weighted by molar-refractivity contribution is 0.181. The molecule has 0 spiro atoms. The Labute approximate surface area is 127 Å². The number of thiophene rings is 1. The first-order valence-electron chi connectivity index (χ1n) is 5.36. The van der Waals surface area contributed by atoms with E-state index in [9.17, 15) is 5.11 Å². The molecular weight excluding hydrogens is 380 g/mol. The van der Waals surface area contributed by atoms with Crippen molar-refractivity contribution in [2.45, 2.75) is 12.5 Å². The molecule has 1 unspecified atom stereocenters. The Balaban J connectivity index is 2.18. The van der Waals surface area contributed by atoms with E-state index in [4.69, 9.17) is 4.74 Å². The summed E-state index contributed by atoms with van der Waals surface area (Å²) in [6.07, 6.45) is 0.0255. The van der Waals surface area contributed by atoms with E-state index in [2.05, 4.69) is 31.9 Å². The summed E-state index contributed by atoms with van der Waals surface area (Å²) >= 11 is 8.39. The molecule has 0 aliphatic heterocycles. The van der Waals surface area contributed by atoms with Gasteiger partial charge in [0.25, 0.3) is 0 Å². The average molecular weight is 392 g/mol. The molecule has 0 fully saturated rings. The number of aliphatic hydroxyl groups excluding tert-OH is 1. The van der Waals surface area contributed by atoms with E-state index in [1.807, 2.05) is 30.3 Å². The van der Waals surface area contributed by atoms with Gasteiger partial charge in [0.05, 0.1) is 17.0 Å². The molecule has 0 aliphatic carbocycles. The van der Waals surface area contributed by atoms with E-state index in [0.29, 0.717) is 6.42 Å². The summed E-state index contributed by atoms with van der Waals surface area (Å²) < 4.78 is 7.26. The molecule has 1 aromatic carbocycles. The number of aliphatic hydroxyl groups is 1. The van der Waals surface area contributed by atoms with Crippen LogP contribution in [0.25, 0.3) is 0 Å². The smallest absolute Gasteiger partial charge is 0.122 e. The van der Waals surface area contributed by atoms with Gasteiger partial charge in [-0.3, -0.25) is 0 Å². The largest absolute Gasteiger partial charge is 0.496 e. The van der Waals surface area contributed by atoms with E-state index in [1.54, 1.807) is 7.11 Å². The van der Waals surface area contributed by atoms with Crippen LogP contribution in [-0.2, 0) is 6.42 Å². The number of para-hydroxylation sites is 1. The highest BCUT2D eigenvalue weighted by Gasteiger charge is 2.15. The third-order valence-electron chi connectivity index (χ3n) is 2.60. The van der Waals surface area contributed by atoms with Gasteiger partial charge in [-0.2, -0.15) is 0 Å². The van der Waals surface area contributed by atoms with Crippen LogP contribution >= 0.6 is 43.2 Å². The Hall–Kier alpha value is -0.360. The van der Waals surface area contributed by atoms with Gasteiger partial charge in [-0.25, -0.2) is 0 Å². The molecule has 0 saturated heterocycles. The van der Waals surface area contributed by atoms with Crippen molar-refractivity contribution < 1.29 is 9.84 Å². The minimum atomic E-state index is -0.520. The second kappa shape index (κ2) is 6.19. The average Bonchev–Trinajstić information content (AvgIpc) is 2.70. The van der Waals surface area contributed by atoms with Gasteiger partial charge in [0.2, 0.25) is 0 Å². The Morgan fingerprint density at radius 1 is 1.33 bits per heavy atom. The molecule has 1 N–H and O–H groups in total. The molecule has 0 radical (unpaired) electrons. The zero-order valence-electron chi connectivity index (χ0n) is 9.69. The maximum Gasteiger partial charge on any atom is 0.122 e. The number of ether oxygens (including phenoxy) is 1. The first kappa shape index (κ1) is 14.1. The fourth-order valence-corrected chi connectivity index (χ4v) is 3.78. The Kier molecular flexibility index (Phi) is 4.84. The minimum Gasteiger partial charge on any atom is -0.496 e. The zero-order chi connectivity index (χ0) is 13.1. The van der Waals surface area contributed by atoms with Crippen LogP contribution in [-0.4, -0.2) is 12.2 Å². The van der Waals surface area contributed by atoms with Crippen molar-refractivity contribution in [2.24, 2.45) is 0 Å².